The minimum atomic E-state index is -3.70. The summed E-state index contributed by atoms with van der Waals surface area (Å²) in [6, 6.07) is 6.35. The fourth-order valence-electron chi connectivity index (χ4n) is 2.43. The molecular formula is C16H16Cl2N2O2S2. The first-order valence-corrected chi connectivity index (χ1v) is 10.3. The molecule has 0 saturated heterocycles. The largest absolute Gasteiger partial charge is 0.353 e. The third-order valence-electron chi connectivity index (χ3n) is 3.73. The third kappa shape index (κ3) is 3.21. The summed E-state index contributed by atoms with van der Waals surface area (Å²) < 4.78 is 26.1. The lowest BCUT2D eigenvalue weighted by Gasteiger charge is -2.07. The summed E-state index contributed by atoms with van der Waals surface area (Å²) in [6.45, 7) is 0.894. The number of H-pyrrole nitrogens is 1. The number of aromatic nitrogens is 1. The van der Waals surface area contributed by atoms with Crippen LogP contribution in [0.15, 0.2) is 39.6 Å². The summed E-state index contributed by atoms with van der Waals surface area (Å²) in [4.78, 5) is 6.14. The Morgan fingerprint density at radius 1 is 1.25 bits per heavy atom. The maximum Gasteiger partial charge on any atom is 0.217 e. The van der Waals surface area contributed by atoms with Gasteiger partial charge >= 0.3 is 0 Å². The van der Waals surface area contributed by atoms with Crippen molar-refractivity contribution in [3.63, 3.8) is 0 Å². The molecular weight excluding hydrogens is 387 g/mol. The Morgan fingerprint density at radius 2 is 2.00 bits per heavy atom. The topological polar surface area (TPSA) is 53.2 Å². The number of fused-ring (bicyclic) bond motifs is 1. The fraction of sp³-hybridized carbons (Fsp3) is 0.250. The van der Waals surface area contributed by atoms with Crippen LogP contribution in [0, 0.1) is 0 Å². The Balaban J connectivity index is 2.04. The van der Waals surface area contributed by atoms with Gasteiger partial charge in [-0.25, -0.2) is 8.42 Å². The van der Waals surface area contributed by atoms with E-state index in [0.29, 0.717) is 0 Å². The Morgan fingerprint density at radius 3 is 2.71 bits per heavy atom. The first kappa shape index (κ1) is 17.8. The van der Waals surface area contributed by atoms with E-state index in [1.54, 1.807) is 18.2 Å². The fourth-order valence-corrected chi connectivity index (χ4v) is 5.94. The van der Waals surface area contributed by atoms with Crippen molar-refractivity contribution < 1.29 is 8.42 Å². The third-order valence-corrected chi connectivity index (χ3v) is 8.00. The van der Waals surface area contributed by atoms with Gasteiger partial charge in [0.15, 0.2) is 0 Å². The molecule has 3 rings (SSSR count). The molecule has 0 atom stereocenters. The number of halogens is 2. The molecule has 0 radical (unpaired) electrons. The van der Waals surface area contributed by atoms with Crippen LogP contribution in [0.5, 0.6) is 0 Å². The number of nitrogens with zero attached hydrogens (tertiary/aromatic N) is 1. The molecule has 0 spiro atoms. The summed E-state index contributed by atoms with van der Waals surface area (Å²) in [6.07, 6.45) is 2.79. The molecule has 24 heavy (non-hydrogen) atoms. The Hall–Kier alpha value is -1.05. The highest BCUT2D eigenvalue weighted by Crippen LogP contribution is 2.38. The van der Waals surface area contributed by atoms with E-state index in [9.17, 15) is 8.42 Å². The van der Waals surface area contributed by atoms with Gasteiger partial charge in [-0.2, -0.15) is 0 Å². The minimum Gasteiger partial charge on any atom is -0.353 e. The minimum absolute atomic E-state index is 0.0374. The quantitative estimate of drug-likeness (QED) is 0.684. The van der Waals surface area contributed by atoms with Crippen molar-refractivity contribution in [1.82, 2.24) is 9.88 Å². The number of hydrogen-bond acceptors (Lipinski definition) is 4. The first-order valence-electron chi connectivity index (χ1n) is 7.24. The van der Waals surface area contributed by atoms with Gasteiger partial charge in [0.05, 0.1) is 14.9 Å². The van der Waals surface area contributed by atoms with Gasteiger partial charge < -0.3 is 9.88 Å². The van der Waals surface area contributed by atoms with E-state index in [4.69, 9.17) is 23.2 Å². The number of rotatable bonds is 5. The zero-order chi connectivity index (χ0) is 17.5. The van der Waals surface area contributed by atoms with Gasteiger partial charge in [0.1, 0.15) is 9.04 Å². The molecule has 3 aromatic rings. The second kappa shape index (κ2) is 6.69. The number of benzene rings is 1. The molecule has 128 valence electrons. The number of nitrogens with one attached hydrogen (secondary N) is 1. The normalized spacial score (nSPS) is 12.4. The van der Waals surface area contributed by atoms with Crippen LogP contribution in [0.4, 0.5) is 0 Å². The average Bonchev–Trinajstić information content (AvgIpc) is 3.08. The molecule has 0 aliphatic heterocycles. The van der Waals surface area contributed by atoms with E-state index in [1.807, 2.05) is 20.3 Å². The van der Waals surface area contributed by atoms with Crippen molar-refractivity contribution in [3.8, 4) is 0 Å². The molecule has 1 N–H and O–H groups in total. The van der Waals surface area contributed by atoms with Crippen LogP contribution >= 0.6 is 34.5 Å². The second-order valence-corrected chi connectivity index (χ2v) is 9.71. The van der Waals surface area contributed by atoms with Gasteiger partial charge in [-0.1, -0.05) is 29.3 Å². The monoisotopic (exact) mass is 402 g/mol. The zero-order valence-electron chi connectivity index (χ0n) is 13.1. The smallest absolute Gasteiger partial charge is 0.217 e. The lowest BCUT2D eigenvalue weighted by atomic mass is 10.2. The SMILES string of the molecule is CN(C)CCc1c[nH]c2sc(S(=O)(=O)c3cccc(Cl)c3Cl)cc12. The van der Waals surface area contributed by atoms with E-state index in [0.717, 1.165) is 28.7 Å². The summed E-state index contributed by atoms with van der Waals surface area (Å²) in [5.74, 6) is 0. The van der Waals surface area contributed by atoms with Crippen LogP contribution in [0.25, 0.3) is 10.2 Å². The highest BCUT2D eigenvalue weighted by Gasteiger charge is 2.25. The van der Waals surface area contributed by atoms with Crippen LogP contribution in [0.2, 0.25) is 10.0 Å². The molecule has 0 amide bonds. The second-order valence-electron chi connectivity index (χ2n) is 5.73. The molecule has 2 heterocycles. The maximum atomic E-state index is 12.9. The molecule has 2 aromatic heterocycles. The van der Waals surface area contributed by atoms with E-state index < -0.39 is 9.84 Å². The van der Waals surface area contributed by atoms with Crippen LogP contribution in [0.1, 0.15) is 5.56 Å². The number of sulfone groups is 1. The molecule has 1 aromatic carbocycles. The lowest BCUT2D eigenvalue weighted by Crippen LogP contribution is -2.14. The molecule has 4 nitrogen and oxygen atoms in total. The molecule has 0 unspecified atom stereocenters. The molecule has 0 aliphatic rings. The first-order chi connectivity index (χ1) is 11.3. The molecule has 0 fully saturated rings. The van der Waals surface area contributed by atoms with E-state index >= 15 is 0 Å². The van der Waals surface area contributed by atoms with E-state index in [2.05, 4.69) is 9.88 Å². The average molecular weight is 403 g/mol. The van der Waals surface area contributed by atoms with E-state index in [-0.39, 0.29) is 19.1 Å². The van der Waals surface area contributed by atoms with Crippen molar-refractivity contribution >= 4 is 54.6 Å². The predicted molar refractivity (Wildman–Crippen MR) is 100 cm³/mol. The summed E-state index contributed by atoms with van der Waals surface area (Å²) in [7, 11) is 0.317. The standard InChI is InChI=1S/C16H16Cl2N2O2S2/c1-20(2)7-6-10-9-19-16-11(10)8-14(23-16)24(21,22)13-5-3-4-12(17)15(13)18/h3-5,8-9,19H,6-7H2,1-2H3. The van der Waals surface area contributed by atoms with Gasteiger partial charge in [0, 0.05) is 18.1 Å². The Bertz CT molecular complexity index is 991. The van der Waals surface area contributed by atoms with Crippen LogP contribution in [-0.2, 0) is 16.3 Å². The number of hydrogen-bond donors (Lipinski definition) is 1. The van der Waals surface area contributed by atoms with E-state index in [1.165, 1.54) is 17.4 Å². The van der Waals surface area contributed by atoms with Gasteiger partial charge in [-0.15, -0.1) is 11.3 Å². The Labute approximate surface area is 154 Å². The maximum absolute atomic E-state index is 12.9. The van der Waals surface area contributed by atoms with Gasteiger partial charge in [0.2, 0.25) is 9.84 Å². The molecule has 0 bridgehead atoms. The van der Waals surface area contributed by atoms with Crippen LogP contribution < -0.4 is 0 Å². The van der Waals surface area contributed by atoms with Crippen molar-refractivity contribution in [3.05, 3.63) is 46.1 Å². The zero-order valence-corrected chi connectivity index (χ0v) is 16.3. The number of aromatic amines is 1. The number of likely N-dealkylation sites (N-methyl/N-ethyl adjacent to an activating group) is 1. The van der Waals surface area contributed by atoms with Gasteiger partial charge in [0.25, 0.3) is 0 Å². The van der Waals surface area contributed by atoms with Crippen LogP contribution in [-0.4, -0.2) is 38.9 Å². The molecule has 8 heteroatoms. The lowest BCUT2D eigenvalue weighted by molar-refractivity contribution is 0.414. The number of thiophene rings is 1. The highest BCUT2D eigenvalue weighted by atomic mass is 35.5. The molecule has 0 aliphatic carbocycles. The van der Waals surface area contributed by atoms with Crippen molar-refractivity contribution in [2.75, 3.05) is 20.6 Å². The summed E-state index contributed by atoms with van der Waals surface area (Å²) in [5, 5.41) is 1.23. The predicted octanol–water partition coefficient (Wildman–Crippen LogP) is 4.47. The van der Waals surface area contributed by atoms with Gasteiger partial charge in [-0.3, -0.25) is 0 Å². The van der Waals surface area contributed by atoms with Crippen molar-refractivity contribution in [1.29, 1.82) is 0 Å². The van der Waals surface area contributed by atoms with Crippen molar-refractivity contribution in [2.24, 2.45) is 0 Å². The Kier molecular flexibility index (Phi) is 4.95. The van der Waals surface area contributed by atoms with Crippen molar-refractivity contribution in [2.45, 2.75) is 15.5 Å². The highest BCUT2D eigenvalue weighted by molar-refractivity contribution is 7.93. The van der Waals surface area contributed by atoms with Crippen LogP contribution in [0.3, 0.4) is 0 Å². The molecule has 0 saturated carbocycles. The van der Waals surface area contributed by atoms with Gasteiger partial charge in [-0.05, 0) is 44.3 Å². The summed E-state index contributed by atoms with van der Waals surface area (Å²) >= 11 is 13.3. The summed E-state index contributed by atoms with van der Waals surface area (Å²) in [5.41, 5.74) is 1.11.